The van der Waals surface area contributed by atoms with Crippen LogP contribution >= 0.6 is 0 Å². The lowest BCUT2D eigenvalue weighted by atomic mass is 9.70. The SMILES string of the molecule is C=CC(=O)OCC(COC(=O)C=C)(COC(=O)CCC)COC(=O)C(C)(C)C(F)(F)C(C)(C)C(=O)OCC(COC(=O)C=C)(COC(=O)C=C)COC(=O)C1CC1.CC.CCC. The molecule has 0 aliphatic heterocycles. The van der Waals surface area contributed by atoms with Gasteiger partial charge >= 0.3 is 47.8 Å². The number of hydrogen-bond acceptors (Lipinski definition) is 16. The first-order valence-corrected chi connectivity index (χ1v) is 20.1. The maximum atomic E-state index is 16.5. The van der Waals surface area contributed by atoms with Gasteiger partial charge in [0, 0.05) is 30.7 Å². The van der Waals surface area contributed by atoms with Gasteiger partial charge in [-0.1, -0.05) is 67.4 Å². The van der Waals surface area contributed by atoms with Crippen LogP contribution in [0.2, 0.25) is 0 Å². The Morgan fingerprint density at radius 3 is 1.06 bits per heavy atom. The summed E-state index contributed by atoms with van der Waals surface area (Å²) < 4.78 is 74.8. The molecule has 18 heteroatoms. The quantitative estimate of drug-likeness (QED) is 0.0497. The molecule has 0 amide bonds. The number of hydrogen-bond donors (Lipinski definition) is 0. The van der Waals surface area contributed by atoms with Crippen molar-refractivity contribution >= 4 is 47.8 Å². The number of rotatable bonds is 27. The van der Waals surface area contributed by atoms with Gasteiger partial charge in [-0.2, -0.15) is 0 Å². The molecule has 1 saturated carbocycles. The van der Waals surface area contributed by atoms with Crippen LogP contribution in [0.4, 0.5) is 8.78 Å². The Morgan fingerprint density at radius 2 is 0.790 bits per heavy atom. The number of carbonyl (C=O) groups is 8. The maximum absolute atomic E-state index is 16.5. The minimum atomic E-state index is -4.29. The molecule has 0 heterocycles. The van der Waals surface area contributed by atoms with E-state index >= 15 is 8.78 Å². The lowest BCUT2D eigenvalue weighted by molar-refractivity contribution is -0.223. The average molecular weight is 889 g/mol. The van der Waals surface area contributed by atoms with E-state index in [1.54, 1.807) is 6.92 Å². The van der Waals surface area contributed by atoms with Crippen LogP contribution in [0.3, 0.4) is 0 Å². The molecular weight excluding hydrogens is 822 g/mol. The Hall–Kier alpha value is -5.42. The smallest absolute Gasteiger partial charge is 0.330 e. The molecule has 16 nitrogen and oxygen atoms in total. The summed E-state index contributed by atoms with van der Waals surface area (Å²) >= 11 is 0. The van der Waals surface area contributed by atoms with Crippen molar-refractivity contribution in [2.45, 2.75) is 100 Å². The molecule has 0 saturated heterocycles. The van der Waals surface area contributed by atoms with Crippen molar-refractivity contribution in [3.8, 4) is 0 Å². The highest BCUT2D eigenvalue weighted by Crippen LogP contribution is 2.50. The van der Waals surface area contributed by atoms with Crippen molar-refractivity contribution in [3.63, 3.8) is 0 Å². The Kier molecular flexibility index (Phi) is 26.7. The van der Waals surface area contributed by atoms with Gasteiger partial charge in [0.25, 0.3) is 5.92 Å². The third-order valence-electron chi connectivity index (χ3n) is 8.78. The Morgan fingerprint density at radius 1 is 0.516 bits per heavy atom. The molecule has 352 valence electrons. The zero-order valence-corrected chi connectivity index (χ0v) is 37.7. The first-order valence-electron chi connectivity index (χ1n) is 20.1. The molecule has 1 aliphatic carbocycles. The number of ether oxygens (including phenoxy) is 8. The molecule has 0 radical (unpaired) electrons. The van der Waals surface area contributed by atoms with Gasteiger partial charge in [-0.05, 0) is 47.0 Å². The molecule has 0 N–H and O–H groups in total. The van der Waals surface area contributed by atoms with Crippen molar-refractivity contribution in [1.29, 1.82) is 0 Å². The van der Waals surface area contributed by atoms with E-state index in [9.17, 15) is 38.4 Å². The molecule has 0 aromatic heterocycles. The standard InChI is InChI=1S/C39H52F2O16.C3H8.C2H6/c1-10-15-31(46)54-22-37(18-50-27(42)11-2,19-51-28(43)12-3)24-56-33(48)35(6,7)39(40,41)36(8,9)34(49)57-25-38(20-52-29(44)13-4,21-53-30(45)14-5)23-55-32(47)26-16-17-26;1-3-2;1-2/h11-14,26H,2-5,10,15-25H2,1,6-9H3;3H2,1-2H3;1-2H3. The van der Waals surface area contributed by atoms with E-state index < -0.39 is 134 Å². The molecule has 1 aliphatic rings. The largest absolute Gasteiger partial charge is 0.465 e. The van der Waals surface area contributed by atoms with E-state index in [2.05, 4.69) is 40.2 Å². The van der Waals surface area contributed by atoms with Gasteiger partial charge < -0.3 is 37.9 Å². The van der Waals surface area contributed by atoms with E-state index in [1.807, 2.05) is 13.8 Å². The summed E-state index contributed by atoms with van der Waals surface area (Å²) in [6.07, 6.45) is 5.91. The molecular formula is C44H66F2O16. The third kappa shape index (κ3) is 19.1. The minimum Gasteiger partial charge on any atom is -0.465 e. The number of halogens is 2. The van der Waals surface area contributed by atoms with Gasteiger partial charge in [0.05, 0.1) is 5.92 Å². The topological polar surface area (TPSA) is 210 Å². The lowest BCUT2D eigenvalue weighted by Crippen LogP contribution is -2.57. The molecule has 62 heavy (non-hydrogen) atoms. The Balaban J connectivity index is 0. The molecule has 0 bridgehead atoms. The maximum Gasteiger partial charge on any atom is 0.330 e. The summed E-state index contributed by atoms with van der Waals surface area (Å²) in [5.74, 6) is -13.0. The second-order valence-electron chi connectivity index (χ2n) is 15.2. The van der Waals surface area contributed by atoms with Crippen LogP contribution in [-0.2, 0) is 76.3 Å². The van der Waals surface area contributed by atoms with E-state index in [1.165, 1.54) is 6.42 Å². The van der Waals surface area contributed by atoms with Crippen LogP contribution in [-0.4, -0.2) is 107 Å². The van der Waals surface area contributed by atoms with Crippen LogP contribution in [0.5, 0.6) is 0 Å². The van der Waals surface area contributed by atoms with Gasteiger partial charge in [-0.25, -0.2) is 28.0 Å². The van der Waals surface area contributed by atoms with Gasteiger partial charge in [-0.15, -0.1) is 0 Å². The van der Waals surface area contributed by atoms with Crippen molar-refractivity contribution in [3.05, 3.63) is 50.6 Å². The number of esters is 8. The van der Waals surface area contributed by atoms with Crippen molar-refractivity contribution in [2.75, 3.05) is 52.9 Å². The van der Waals surface area contributed by atoms with Gasteiger partial charge in [0.1, 0.15) is 74.5 Å². The second kappa shape index (κ2) is 28.2. The van der Waals surface area contributed by atoms with Gasteiger partial charge in [0.2, 0.25) is 0 Å². The molecule has 0 unspecified atom stereocenters. The van der Waals surface area contributed by atoms with E-state index in [-0.39, 0.29) is 6.42 Å². The molecule has 1 fully saturated rings. The van der Waals surface area contributed by atoms with E-state index in [0.29, 0.717) is 19.3 Å². The zero-order valence-electron chi connectivity index (χ0n) is 37.7. The monoisotopic (exact) mass is 888 g/mol. The number of alkyl halides is 2. The first-order chi connectivity index (χ1) is 28.9. The molecule has 1 rings (SSSR count). The minimum absolute atomic E-state index is 0.0358. The normalized spacial score (nSPS) is 12.4. The van der Waals surface area contributed by atoms with Crippen LogP contribution < -0.4 is 0 Å². The van der Waals surface area contributed by atoms with Crippen LogP contribution in [0, 0.1) is 27.6 Å². The highest BCUT2D eigenvalue weighted by molar-refractivity contribution is 5.84. The summed E-state index contributed by atoms with van der Waals surface area (Å²) in [5.41, 5.74) is -9.27. The number of carbonyl (C=O) groups excluding carboxylic acids is 8. The van der Waals surface area contributed by atoms with Crippen LogP contribution in [0.15, 0.2) is 50.6 Å². The van der Waals surface area contributed by atoms with Crippen LogP contribution in [0.1, 0.15) is 94.4 Å². The summed E-state index contributed by atoms with van der Waals surface area (Å²) in [4.78, 5) is 99.7. The fourth-order valence-corrected chi connectivity index (χ4v) is 4.64. The van der Waals surface area contributed by atoms with Crippen molar-refractivity contribution in [1.82, 2.24) is 0 Å². The van der Waals surface area contributed by atoms with Gasteiger partial charge in [-0.3, -0.25) is 19.2 Å². The van der Waals surface area contributed by atoms with Crippen molar-refractivity contribution < 1.29 is 85.0 Å². The predicted molar refractivity (Wildman–Crippen MR) is 221 cm³/mol. The molecule has 0 aromatic carbocycles. The summed E-state index contributed by atoms with van der Waals surface area (Å²) in [6.45, 7) is 20.3. The first kappa shape index (κ1) is 58.7. The van der Waals surface area contributed by atoms with E-state index in [0.717, 1.165) is 52.0 Å². The molecule has 0 atom stereocenters. The van der Waals surface area contributed by atoms with Crippen molar-refractivity contribution in [2.24, 2.45) is 27.6 Å². The fraction of sp³-hybridized carbons (Fsp3) is 0.636. The predicted octanol–water partition coefficient (Wildman–Crippen LogP) is 6.39. The van der Waals surface area contributed by atoms with Crippen LogP contribution in [0.25, 0.3) is 0 Å². The average Bonchev–Trinajstić information content (AvgIpc) is 4.11. The molecule has 0 spiro atoms. The fourth-order valence-electron chi connectivity index (χ4n) is 4.64. The van der Waals surface area contributed by atoms with Gasteiger partial charge in [0.15, 0.2) is 0 Å². The van der Waals surface area contributed by atoms with E-state index in [4.69, 9.17) is 37.9 Å². The Labute approximate surface area is 363 Å². The summed E-state index contributed by atoms with van der Waals surface area (Å²) in [5, 5.41) is 0. The summed E-state index contributed by atoms with van der Waals surface area (Å²) in [6, 6.07) is 0. The highest BCUT2D eigenvalue weighted by Gasteiger charge is 2.66. The second-order valence-corrected chi connectivity index (χ2v) is 15.2. The molecule has 0 aromatic rings. The Bertz CT molecular complexity index is 1510. The highest BCUT2D eigenvalue weighted by atomic mass is 19.3. The lowest BCUT2D eigenvalue weighted by Gasteiger charge is -2.42. The summed E-state index contributed by atoms with van der Waals surface area (Å²) in [7, 11) is 0. The zero-order chi connectivity index (χ0) is 48.4. The third-order valence-corrected chi connectivity index (χ3v) is 8.78.